The first kappa shape index (κ1) is 18.1. The topological polar surface area (TPSA) is 72.1 Å². The number of rotatable bonds is 2. The van der Waals surface area contributed by atoms with E-state index in [2.05, 4.69) is 9.97 Å². The van der Waals surface area contributed by atoms with Crippen molar-refractivity contribution in [3.05, 3.63) is 53.6 Å². The largest absolute Gasteiger partial charge is 0.471 e. The number of carbonyl (C=O) groups excluding carboxylic acids is 1. The van der Waals surface area contributed by atoms with E-state index in [1.54, 1.807) is 18.2 Å². The number of alkyl halides is 3. The predicted octanol–water partition coefficient (Wildman–Crippen LogP) is 2.86. The molecule has 2 heterocycles. The van der Waals surface area contributed by atoms with Crippen LogP contribution in [0.4, 0.5) is 23.5 Å². The van der Waals surface area contributed by atoms with Gasteiger partial charge in [-0.15, -0.1) is 0 Å². The maximum Gasteiger partial charge on any atom is 0.471 e. The van der Waals surface area contributed by atoms with Crippen LogP contribution in [0.1, 0.15) is 29.5 Å². The van der Waals surface area contributed by atoms with Gasteiger partial charge in [-0.1, -0.05) is 12.1 Å². The number of aromatic nitrogens is 2. The number of carbonyl (C=O) groups is 1. The van der Waals surface area contributed by atoms with E-state index in [9.17, 15) is 22.4 Å². The van der Waals surface area contributed by atoms with Gasteiger partial charge in [0.15, 0.2) is 0 Å². The molecule has 0 saturated carbocycles. The quantitative estimate of drug-likeness (QED) is 0.828. The van der Waals surface area contributed by atoms with Gasteiger partial charge >= 0.3 is 12.1 Å². The Balaban J connectivity index is 1.94. The number of hydrogen-bond donors (Lipinski definition) is 1. The molecule has 1 aliphatic rings. The first-order valence-corrected chi connectivity index (χ1v) is 7.95. The van der Waals surface area contributed by atoms with Gasteiger partial charge in [0.25, 0.3) is 0 Å². The van der Waals surface area contributed by atoms with Crippen molar-refractivity contribution in [1.82, 2.24) is 14.9 Å². The molecule has 1 aromatic carbocycles. The molecular weight excluding hydrogens is 352 g/mol. The number of halogens is 4. The SMILES string of the molecule is Nc1nccc(C2CN(C(=O)C(F)(F)F)CCC2c2ccc(F)cc2)n1. The van der Waals surface area contributed by atoms with Crippen LogP contribution in [0, 0.1) is 5.82 Å². The third-order valence-corrected chi connectivity index (χ3v) is 4.52. The molecule has 2 aromatic rings. The van der Waals surface area contributed by atoms with E-state index in [4.69, 9.17) is 5.73 Å². The van der Waals surface area contributed by atoms with Crippen LogP contribution in [0.15, 0.2) is 36.5 Å². The lowest BCUT2D eigenvalue weighted by molar-refractivity contribution is -0.186. The monoisotopic (exact) mass is 368 g/mol. The molecule has 5 nitrogen and oxygen atoms in total. The van der Waals surface area contributed by atoms with Crippen LogP contribution in [-0.4, -0.2) is 40.0 Å². The summed E-state index contributed by atoms with van der Waals surface area (Å²) in [5.41, 5.74) is 6.82. The molecular formula is C17H16F4N4O. The summed E-state index contributed by atoms with van der Waals surface area (Å²) in [4.78, 5) is 20.3. The van der Waals surface area contributed by atoms with Crippen molar-refractivity contribution in [1.29, 1.82) is 0 Å². The van der Waals surface area contributed by atoms with Crippen LogP contribution in [0.2, 0.25) is 0 Å². The summed E-state index contributed by atoms with van der Waals surface area (Å²) >= 11 is 0. The second-order valence-electron chi connectivity index (χ2n) is 6.14. The zero-order valence-electron chi connectivity index (χ0n) is 13.6. The average Bonchev–Trinajstić information content (AvgIpc) is 2.60. The van der Waals surface area contributed by atoms with Gasteiger partial charge in [0.05, 0.1) is 5.69 Å². The lowest BCUT2D eigenvalue weighted by Crippen LogP contribution is -2.47. The summed E-state index contributed by atoms with van der Waals surface area (Å²) in [5, 5.41) is 0. The fourth-order valence-corrected chi connectivity index (χ4v) is 3.32. The maximum atomic E-state index is 13.2. The zero-order chi connectivity index (χ0) is 18.9. The molecule has 9 heteroatoms. The van der Waals surface area contributed by atoms with Crippen LogP contribution in [-0.2, 0) is 4.79 Å². The number of benzene rings is 1. The smallest absolute Gasteiger partial charge is 0.368 e. The summed E-state index contributed by atoms with van der Waals surface area (Å²) < 4.78 is 51.7. The number of piperidine rings is 1. The van der Waals surface area contributed by atoms with E-state index in [1.165, 1.54) is 18.3 Å². The van der Waals surface area contributed by atoms with Crippen LogP contribution < -0.4 is 5.73 Å². The highest BCUT2D eigenvalue weighted by molar-refractivity contribution is 5.82. The molecule has 26 heavy (non-hydrogen) atoms. The predicted molar refractivity (Wildman–Crippen MR) is 85.6 cm³/mol. The van der Waals surface area contributed by atoms with E-state index < -0.39 is 23.8 Å². The third-order valence-electron chi connectivity index (χ3n) is 4.52. The van der Waals surface area contributed by atoms with Crippen LogP contribution in [0.3, 0.4) is 0 Å². The Bertz CT molecular complexity index is 794. The van der Waals surface area contributed by atoms with Crippen molar-refractivity contribution in [2.24, 2.45) is 0 Å². The van der Waals surface area contributed by atoms with Crippen molar-refractivity contribution in [3.8, 4) is 0 Å². The lowest BCUT2D eigenvalue weighted by Gasteiger charge is -2.38. The first-order chi connectivity index (χ1) is 12.3. The highest BCUT2D eigenvalue weighted by atomic mass is 19.4. The summed E-state index contributed by atoms with van der Waals surface area (Å²) in [6, 6.07) is 7.36. The van der Waals surface area contributed by atoms with Crippen molar-refractivity contribution in [3.63, 3.8) is 0 Å². The lowest BCUT2D eigenvalue weighted by atomic mass is 9.78. The van der Waals surface area contributed by atoms with E-state index in [-0.39, 0.29) is 25.0 Å². The summed E-state index contributed by atoms with van der Waals surface area (Å²) in [6.07, 6.45) is -3.22. The van der Waals surface area contributed by atoms with Gasteiger partial charge < -0.3 is 10.6 Å². The maximum absolute atomic E-state index is 13.2. The highest BCUT2D eigenvalue weighted by Crippen LogP contribution is 2.40. The van der Waals surface area contributed by atoms with E-state index in [0.29, 0.717) is 12.1 Å². The Morgan fingerprint density at radius 1 is 1.15 bits per heavy atom. The second-order valence-corrected chi connectivity index (χ2v) is 6.14. The van der Waals surface area contributed by atoms with Gasteiger partial charge in [-0.25, -0.2) is 14.4 Å². The zero-order valence-corrected chi connectivity index (χ0v) is 13.6. The van der Waals surface area contributed by atoms with Crippen LogP contribution >= 0.6 is 0 Å². The number of nitrogens with zero attached hydrogens (tertiary/aromatic N) is 3. The molecule has 1 aliphatic heterocycles. The Labute approximate surface area is 146 Å². The van der Waals surface area contributed by atoms with E-state index >= 15 is 0 Å². The number of likely N-dealkylation sites (tertiary alicyclic amines) is 1. The molecule has 0 bridgehead atoms. The standard InChI is InChI=1S/C17H16F4N4O/c18-11-3-1-10(2-4-11)12-6-8-25(15(26)17(19,20)21)9-13(12)14-5-7-23-16(22)24-14/h1-5,7,12-13H,6,8-9H2,(H2,22,23,24). The second kappa shape index (κ2) is 6.89. The molecule has 0 aliphatic carbocycles. The molecule has 2 N–H and O–H groups in total. The fraction of sp³-hybridized carbons (Fsp3) is 0.353. The number of nitrogen functional groups attached to an aromatic ring is 1. The van der Waals surface area contributed by atoms with Crippen molar-refractivity contribution >= 4 is 11.9 Å². The number of anilines is 1. The molecule has 1 saturated heterocycles. The molecule has 2 unspecified atom stereocenters. The fourth-order valence-electron chi connectivity index (χ4n) is 3.32. The number of nitrogens with two attached hydrogens (primary N) is 1. The molecule has 1 aromatic heterocycles. The molecule has 0 spiro atoms. The van der Waals surface area contributed by atoms with Crippen molar-refractivity contribution < 1.29 is 22.4 Å². The summed E-state index contributed by atoms with van der Waals surface area (Å²) in [5.74, 6) is -3.00. The minimum atomic E-state index is -4.93. The third kappa shape index (κ3) is 3.76. The Morgan fingerprint density at radius 2 is 1.85 bits per heavy atom. The molecule has 1 amide bonds. The molecule has 138 valence electrons. The van der Waals surface area contributed by atoms with Crippen molar-refractivity contribution in [2.45, 2.75) is 24.4 Å². The molecule has 2 atom stereocenters. The van der Waals surface area contributed by atoms with E-state index in [0.717, 1.165) is 10.5 Å². The summed E-state index contributed by atoms with van der Waals surface area (Å²) in [7, 11) is 0. The number of hydrogen-bond acceptors (Lipinski definition) is 4. The summed E-state index contributed by atoms with van der Waals surface area (Å²) in [6.45, 7) is -0.200. The molecule has 3 rings (SSSR count). The van der Waals surface area contributed by atoms with Crippen LogP contribution in [0.25, 0.3) is 0 Å². The minimum Gasteiger partial charge on any atom is -0.368 e. The Kier molecular flexibility index (Phi) is 4.80. The molecule has 0 radical (unpaired) electrons. The normalized spacial score (nSPS) is 20.8. The Hall–Kier alpha value is -2.71. The van der Waals surface area contributed by atoms with Gasteiger partial charge in [-0.3, -0.25) is 4.79 Å². The average molecular weight is 368 g/mol. The van der Waals surface area contributed by atoms with Gasteiger partial charge in [0, 0.05) is 25.2 Å². The highest BCUT2D eigenvalue weighted by Gasteiger charge is 2.45. The van der Waals surface area contributed by atoms with Gasteiger partial charge in [0.1, 0.15) is 5.82 Å². The van der Waals surface area contributed by atoms with E-state index in [1.807, 2.05) is 0 Å². The van der Waals surface area contributed by atoms with Crippen LogP contribution in [0.5, 0.6) is 0 Å². The number of amides is 1. The molecule has 1 fully saturated rings. The van der Waals surface area contributed by atoms with Crippen molar-refractivity contribution in [2.75, 3.05) is 18.8 Å². The van der Waals surface area contributed by atoms with Gasteiger partial charge in [-0.2, -0.15) is 13.2 Å². The first-order valence-electron chi connectivity index (χ1n) is 7.95. The van der Waals surface area contributed by atoms with Gasteiger partial charge in [-0.05, 0) is 36.1 Å². The van der Waals surface area contributed by atoms with Gasteiger partial charge in [0.2, 0.25) is 5.95 Å². The Morgan fingerprint density at radius 3 is 2.46 bits per heavy atom. The minimum absolute atomic E-state index is 0.000345.